The van der Waals surface area contributed by atoms with Gasteiger partial charge < -0.3 is 10.1 Å². The van der Waals surface area contributed by atoms with Crippen LogP contribution in [0.5, 0.6) is 5.75 Å². The van der Waals surface area contributed by atoms with E-state index in [0.29, 0.717) is 6.04 Å². The van der Waals surface area contributed by atoms with Crippen molar-refractivity contribution in [2.75, 3.05) is 14.2 Å². The van der Waals surface area contributed by atoms with E-state index in [1.54, 1.807) is 19.2 Å². The summed E-state index contributed by atoms with van der Waals surface area (Å²) >= 11 is 0. The first-order valence-electron chi connectivity index (χ1n) is 5.59. The lowest BCUT2D eigenvalue weighted by Crippen LogP contribution is -2.23. The van der Waals surface area contributed by atoms with Crippen LogP contribution in [0.3, 0.4) is 0 Å². The van der Waals surface area contributed by atoms with Crippen LogP contribution in [0.15, 0.2) is 18.2 Å². The summed E-state index contributed by atoms with van der Waals surface area (Å²) in [6.45, 7) is 4.20. The number of halogens is 1. The van der Waals surface area contributed by atoms with Gasteiger partial charge in [-0.05, 0) is 50.1 Å². The van der Waals surface area contributed by atoms with Crippen LogP contribution < -0.4 is 10.1 Å². The Morgan fingerprint density at radius 1 is 1.38 bits per heavy atom. The molecule has 0 radical (unpaired) electrons. The maximum absolute atomic E-state index is 13.2. The molecule has 2 atom stereocenters. The highest BCUT2D eigenvalue weighted by molar-refractivity contribution is 5.36. The van der Waals surface area contributed by atoms with E-state index in [1.165, 1.54) is 6.07 Å². The molecule has 1 aromatic rings. The lowest BCUT2D eigenvalue weighted by molar-refractivity contribution is 0.400. The van der Waals surface area contributed by atoms with Crippen LogP contribution in [0, 0.1) is 5.82 Å². The van der Waals surface area contributed by atoms with Gasteiger partial charge >= 0.3 is 0 Å². The van der Waals surface area contributed by atoms with Crippen LogP contribution in [0.1, 0.15) is 31.7 Å². The fourth-order valence-corrected chi connectivity index (χ4v) is 1.87. The van der Waals surface area contributed by atoms with Gasteiger partial charge in [0.2, 0.25) is 0 Å². The molecule has 0 aliphatic carbocycles. The second-order valence-corrected chi connectivity index (χ2v) is 4.21. The Balaban J connectivity index is 2.88. The zero-order valence-electron chi connectivity index (χ0n) is 10.4. The largest absolute Gasteiger partial charge is 0.496 e. The Morgan fingerprint density at radius 3 is 2.62 bits per heavy atom. The van der Waals surface area contributed by atoms with E-state index < -0.39 is 0 Å². The summed E-state index contributed by atoms with van der Waals surface area (Å²) in [4.78, 5) is 0. The average Bonchev–Trinajstić information content (AvgIpc) is 2.28. The third-order valence-corrected chi connectivity index (χ3v) is 2.92. The first kappa shape index (κ1) is 13.0. The standard InChI is InChI=1S/C13H20FNO/c1-9(7-10(2)15-3)12-8-11(14)5-6-13(12)16-4/h5-6,8-10,15H,7H2,1-4H3. The van der Waals surface area contributed by atoms with Gasteiger partial charge in [0.05, 0.1) is 7.11 Å². The molecule has 0 fully saturated rings. The minimum absolute atomic E-state index is 0.209. The van der Waals surface area contributed by atoms with Gasteiger partial charge in [-0.25, -0.2) is 4.39 Å². The minimum atomic E-state index is -0.209. The van der Waals surface area contributed by atoms with Gasteiger partial charge in [0, 0.05) is 6.04 Å². The molecule has 0 saturated carbocycles. The normalized spacial score (nSPS) is 14.6. The summed E-state index contributed by atoms with van der Waals surface area (Å²) in [7, 11) is 3.55. The van der Waals surface area contributed by atoms with Crippen LogP contribution in [-0.4, -0.2) is 20.2 Å². The van der Waals surface area contributed by atoms with E-state index in [0.717, 1.165) is 17.7 Å². The third-order valence-electron chi connectivity index (χ3n) is 2.92. The predicted octanol–water partition coefficient (Wildman–Crippen LogP) is 2.94. The van der Waals surface area contributed by atoms with Crippen molar-refractivity contribution in [3.8, 4) is 5.75 Å². The SMILES string of the molecule is CNC(C)CC(C)c1cc(F)ccc1OC. The molecule has 2 unspecified atom stereocenters. The Morgan fingerprint density at radius 2 is 2.06 bits per heavy atom. The molecule has 0 saturated heterocycles. The number of rotatable bonds is 5. The third kappa shape index (κ3) is 3.20. The first-order chi connectivity index (χ1) is 7.58. The maximum Gasteiger partial charge on any atom is 0.123 e. The van der Waals surface area contributed by atoms with Crippen molar-refractivity contribution in [1.29, 1.82) is 0 Å². The summed E-state index contributed by atoms with van der Waals surface area (Å²) < 4.78 is 18.4. The topological polar surface area (TPSA) is 21.3 Å². The average molecular weight is 225 g/mol. The van der Waals surface area contributed by atoms with Crippen molar-refractivity contribution in [2.45, 2.75) is 32.2 Å². The molecule has 0 heterocycles. The Bertz CT molecular complexity index is 341. The second-order valence-electron chi connectivity index (χ2n) is 4.21. The predicted molar refractivity (Wildman–Crippen MR) is 64.5 cm³/mol. The van der Waals surface area contributed by atoms with Crippen molar-refractivity contribution < 1.29 is 9.13 Å². The highest BCUT2D eigenvalue weighted by Crippen LogP contribution is 2.30. The summed E-state index contributed by atoms with van der Waals surface area (Å²) in [5.74, 6) is 0.824. The molecule has 0 bridgehead atoms. The zero-order chi connectivity index (χ0) is 12.1. The van der Waals surface area contributed by atoms with E-state index in [2.05, 4.69) is 19.2 Å². The van der Waals surface area contributed by atoms with Crippen molar-refractivity contribution in [3.63, 3.8) is 0 Å². The number of benzene rings is 1. The van der Waals surface area contributed by atoms with Crippen molar-refractivity contribution in [2.24, 2.45) is 0 Å². The number of hydrogen-bond donors (Lipinski definition) is 1. The Hall–Kier alpha value is -1.09. The molecule has 16 heavy (non-hydrogen) atoms. The maximum atomic E-state index is 13.2. The van der Waals surface area contributed by atoms with Crippen molar-refractivity contribution in [3.05, 3.63) is 29.6 Å². The summed E-state index contributed by atoms with van der Waals surface area (Å²) in [6, 6.07) is 5.08. The molecule has 1 aromatic carbocycles. The quantitative estimate of drug-likeness (QED) is 0.832. The monoisotopic (exact) mass is 225 g/mol. The molecular formula is C13H20FNO. The molecule has 2 nitrogen and oxygen atoms in total. The van der Waals surface area contributed by atoms with Gasteiger partial charge in [-0.2, -0.15) is 0 Å². The lowest BCUT2D eigenvalue weighted by Gasteiger charge is -2.19. The minimum Gasteiger partial charge on any atom is -0.496 e. The Labute approximate surface area is 96.8 Å². The fourth-order valence-electron chi connectivity index (χ4n) is 1.87. The molecule has 0 aliphatic heterocycles. The molecule has 90 valence electrons. The number of methoxy groups -OCH3 is 1. The zero-order valence-corrected chi connectivity index (χ0v) is 10.4. The summed E-state index contributed by atoms with van der Waals surface area (Å²) in [6.07, 6.45) is 0.955. The number of nitrogens with one attached hydrogen (secondary N) is 1. The molecule has 0 amide bonds. The second kappa shape index (κ2) is 5.85. The van der Waals surface area contributed by atoms with Gasteiger partial charge in [0.25, 0.3) is 0 Å². The smallest absolute Gasteiger partial charge is 0.123 e. The molecule has 1 N–H and O–H groups in total. The van der Waals surface area contributed by atoms with Gasteiger partial charge in [-0.1, -0.05) is 6.92 Å². The van der Waals surface area contributed by atoms with Crippen molar-refractivity contribution >= 4 is 0 Å². The van der Waals surface area contributed by atoms with E-state index in [4.69, 9.17) is 4.74 Å². The van der Waals surface area contributed by atoms with E-state index >= 15 is 0 Å². The van der Waals surface area contributed by atoms with E-state index in [1.807, 2.05) is 7.05 Å². The molecule has 0 aromatic heterocycles. The highest BCUT2D eigenvalue weighted by atomic mass is 19.1. The van der Waals surface area contributed by atoms with E-state index in [-0.39, 0.29) is 11.7 Å². The lowest BCUT2D eigenvalue weighted by atomic mass is 9.93. The van der Waals surface area contributed by atoms with Crippen molar-refractivity contribution in [1.82, 2.24) is 5.32 Å². The molecule has 0 spiro atoms. The summed E-state index contributed by atoms with van der Waals surface area (Å²) in [5, 5.41) is 3.18. The van der Waals surface area contributed by atoms with Gasteiger partial charge in [0.1, 0.15) is 11.6 Å². The number of hydrogen-bond acceptors (Lipinski definition) is 2. The summed E-state index contributed by atoms with van der Waals surface area (Å²) in [5.41, 5.74) is 0.935. The molecule has 0 aliphatic rings. The van der Waals surface area contributed by atoms with Crippen LogP contribution in [0.4, 0.5) is 4.39 Å². The van der Waals surface area contributed by atoms with Gasteiger partial charge in [-0.15, -0.1) is 0 Å². The Kier molecular flexibility index (Phi) is 4.74. The molecule has 3 heteroatoms. The van der Waals surface area contributed by atoms with E-state index in [9.17, 15) is 4.39 Å². The highest BCUT2D eigenvalue weighted by Gasteiger charge is 2.14. The van der Waals surface area contributed by atoms with Crippen LogP contribution in [-0.2, 0) is 0 Å². The fraction of sp³-hybridized carbons (Fsp3) is 0.538. The van der Waals surface area contributed by atoms with Crippen LogP contribution in [0.25, 0.3) is 0 Å². The van der Waals surface area contributed by atoms with Gasteiger partial charge in [0.15, 0.2) is 0 Å². The molecular weight excluding hydrogens is 205 g/mol. The first-order valence-corrected chi connectivity index (χ1v) is 5.59. The number of ether oxygens (including phenoxy) is 1. The van der Waals surface area contributed by atoms with Crippen LogP contribution >= 0.6 is 0 Å². The molecule has 1 rings (SSSR count). The van der Waals surface area contributed by atoms with Gasteiger partial charge in [-0.3, -0.25) is 0 Å². The van der Waals surface area contributed by atoms with Crippen LogP contribution in [0.2, 0.25) is 0 Å².